The standard InChI is InChI=1S/C11H12N2O2/c1-11(14)10-12-8-4-2-3-5-9(8)13(10)6-7-15-11/h2-5,14H,6-7H2,1H3. The number of hydrogen-bond donors (Lipinski definition) is 1. The van der Waals surface area contributed by atoms with Crippen molar-refractivity contribution in [2.24, 2.45) is 0 Å². The molecular formula is C11H12N2O2. The van der Waals surface area contributed by atoms with Crippen LogP contribution in [0.25, 0.3) is 11.0 Å². The zero-order valence-electron chi connectivity index (χ0n) is 8.47. The monoisotopic (exact) mass is 204 g/mol. The molecule has 0 aliphatic carbocycles. The van der Waals surface area contributed by atoms with Crippen LogP contribution in [0.15, 0.2) is 24.3 Å². The second-order valence-corrected chi connectivity index (χ2v) is 3.91. The highest BCUT2D eigenvalue weighted by molar-refractivity contribution is 5.76. The molecule has 0 amide bonds. The largest absolute Gasteiger partial charge is 0.360 e. The molecule has 0 fully saturated rings. The van der Waals surface area contributed by atoms with Crippen molar-refractivity contribution in [2.45, 2.75) is 19.3 Å². The average molecular weight is 204 g/mol. The Morgan fingerprint density at radius 1 is 1.47 bits per heavy atom. The summed E-state index contributed by atoms with van der Waals surface area (Å²) in [6.07, 6.45) is 0. The maximum atomic E-state index is 10.0. The summed E-state index contributed by atoms with van der Waals surface area (Å²) in [7, 11) is 0. The van der Waals surface area contributed by atoms with Gasteiger partial charge >= 0.3 is 0 Å². The summed E-state index contributed by atoms with van der Waals surface area (Å²) in [5, 5.41) is 10.0. The van der Waals surface area contributed by atoms with Gasteiger partial charge in [-0.3, -0.25) is 0 Å². The molecule has 1 aromatic heterocycles. The molecule has 0 radical (unpaired) electrons. The molecule has 4 nitrogen and oxygen atoms in total. The molecular weight excluding hydrogens is 192 g/mol. The van der Waals surface area contributed by atoms with E-state index in [4.69, 9.17) is 4.74 Å². The van der Waals surface area contributed by atoms with Gasteiger partial charge in [-0.2, -0.15) is 0 Å². The van der Waals surface area contributed by atoms with Crippen LogP contribution in [0.1, 0.15) is 12.7 Å². The lowest BCUT2D eigenvalue weighted by Gasteiger charge is -2.28. The number of nitrogens with zero attached hydrogens (tertiary/aromatic N) is 2. The van der Waals surface area contributed by atoms with Crippen LogP contribution < -0.4 is 0 Å². The van der Waals surface area contributed by atoms with E-state index in [0.717, 1.165) is 17.6 Å². The van der Waals surface area contributed by atoms with E-state index >= 15 is 0 Å². The number of rotatable bonds is 0. The van der Waals surface area contributed by atoms with E-state index < -0.39 is 5.79 Å². The summed E-state index contributed by atoms with van der Waals surface area (Å²) in [4.78, 5) is 4.39. The Morgan fingerprint density at radius 3 is 3.13 bits per heavy atom. The molecule has 0 saturated carbocycles. The molecule has 0 spiro atoms. The van der Waals surface area contributed by atoms with Crippen LogP contribution in [0.3, 0.4) is 0 Å². The highest BCUT2D eigenvalue weighted by atomic mass is 16.6. The number of hydrogen-bond acceptors (Lipinski definition) is 3. The summed E-state index contributed by atoms with van der Waals surface area (Å²) in [5.41, 5.74) is 1.95. The number of aliphatic hydroxyl groups is 1. The van der Waals surface area contributed by atoms with Crippen molar-refractivity contribution in [1.82, 2.24) is 9.55 Å². The second kappa shape index (κ2) is 2.81. The summed E-state index contributed by atoms with van der Waals surface area (Å²) in [6, 6.07) is 7.86. The molecule has 1 unspecified atom stereocenters. The van der Waals surface area contributed by atoms with Gasteiger partial charge in [-0.15, -0.1) is 0 Å². The second-order valence-electron chi connectivity index (χ2n) is 3.91. The van der Waals surface area contributed by atoms with Gasteiger partial charge in [0, 0.05) is 6.54 Å². The van der Waals surface area contributed by atoms with Crippen molar-refractivity contribution >= 4 is 11.0 Å². The molecule has 1 N–H and O–H groups in total. The van der Waals surface area contributed by atoms with E-state index in [9.17, 15) is 5.11 Å². The van der Waals surface area contributed by atoms with E-state index in [1.807, 2.05) is 28.8 Å². The van der Waals surface area contributed by atoms with E-state index in [1.54, 1.807) is 6.92 Å². The molecule has 78 valence electrons. The molecule has 4 heteroatoms. The Labute approximate surface area is 87.1 Å². The number of benzene rings is 1. The van der Waals surface area contributed by atoms with E-state index in [1.165, 1.54) is 0 Å². The lowest BCUT2D eigenvalue weighted by Crippen LogP contribution is -2.35. The first kappa shape index (κ1) is 8.88. The van der Waals surface area contributed by atoms with Gasteiger partial charge in [-0.05, 0) is 19.1 Å². The number of para-hydroxylation sites is 2. The van der Waals surface area contributed by atoms with Crippen molar-refractivity contribution in [3.8, 4) is 0 Å². The van der Waals surface area contributed by atoms with Gasteiger partial charge in [0.1, 0.15) is 0 Å². The Kier molecular flexibility index (Phi) is 1.66. The quantitative estimate of drug-likeness (QED) is 0.702. The first-order valence-corrected chi connectivity index (χ1v) is 5.00. The van der Waals surface area contributed by atoms with Crippen molar-refractivity contribution in [1.29, 1.82) is 0 Å². The summed E-state index contributed by atoms with van der Waals surface area (Å²) < 4.78 is 7.31. The SMILES string of the molecule is CC1(O)OCCn2c1nc1ccccc12. The Hall–Kier alpha value is -1.39. The molecule has 3 rings (SSSR count). The Morgan fingerprint density at radius 2 is 2.27 bits per heavy atom. The normalized spacial score (nSPS) is 25.5. The smallest absolute Gasteiger partial charge is 0.223 e. The topological polar surface area (TPSA) is 47.3 Å². The predicted molar refractivity (Wildman–Crippen MR) is 55.3 cm³/mol. The molecule has 2 heterocycles. The molecule has 2 aromatic rings. The summed E-state index contributed by atoms with van der Waals surface area (Å²) in [6.45, 7) is 2.89. The third kappa shape index (κ3) is 1.19. The maximum Gasteiger partial charge on any atom is 0.223 e. The van der Waals surface area contributed by atoms with Crippen LogP contribution in [-0.2, 0) is 17.1 Å². The molecule has 1 aliphatic heterocycles. The Bertz CT molecular complexity index is 516. The molecule has 0 bridgehead atoms. The van der Waals surface area contributed by atoms with Gasteiger partial charge in [0.05, 0.1) is 17.6 Å². The van der Waals surface area contributed by atoms with Gasteiger partial charge in [0.2, 0.25) is 5.79 Å². The Balaban J connectivity index is 2.34. The van der Waals surface area contributed by atoms with E-state index in [0.29, 0.717) is 12.4 Å². The van der Waals surface area contributed by atoms with Crippen LogP contribution in [0.2, 0.25) is 0 Å². The first-order valence-electron chi connectivity index (χ1n) is 5.00. The zero-order valence-corrected chi connectivity index (χ0v) is 8.47. The van der Waals surface area contributed by atoms with Gasteiger partial charge in [-0.1, -0.05) is 12.1 Å². The van der Waals surface area contributed by atoms with Gasteiger partial charge in [0.25, 0.3) is 0 Å². The van der Waals surface area contributed by atoms with Crippen molar-refractivity contribution in [3.63, 3.8) is 0 Å². The lowest BCUT2D eigenvalue weighted by molar-refractivity contribution is -0.218. The first-order chi connectivity index (χ1) is 7.18. The number of fused-ring (bicyclic) bond motifs is 3. The van der Waals surface area contributed by atoms with Crippen LogP contribution in [0, 0.1) is 0 Å². The summed E-state index contributed by atoms with van der Waals surface area (Å²) >= 11 is 0. The van der Waals surface area contributed by atoms with E-state index in [-0.39, 0.29) is 0 Å². The fourth-order valence-corrected chi connectivity index (χ4v) is 2.06. The molecule has 1 atom stereocenters. The fourth-order valence-electron chi connectivity index (χ4n) is 2.06. The molecule has 1 aliphatic rings. The van der Waals surface area contributed by atoms with Gasteiger partial charge in [-0.25, -0.2) is 4.98 Å². The van der Waals surface area contributed by atoms with Crippen LogP contribution in [-0.4, -0.2) is 21.3 Å². The maximum absolute atomic E-state index is 10.0. The van der Waals surface area contributed by atoms with Gasteiger partial charge < -0.3 is 14.4 Å². The molecule has 15 heavy (non-hydrogen) atoms. The number of imidazole rings is 1. The minimum absolute atomic E-state index is 0.514. The predicted octanol–water partition coefficient (Wildman–Crippen LogP) is 1.23. The fraction of sp³-hybridized carbons (Fsp3) is 0.364. The van der Waals surface area contributed by atoms with Crippen LogP contribution in [0.5, 0.6) is 0 Å². The van der Waals surface area contributed by atoms with Crippen molar-refractivity contribution in [2.75, 3.05) is 6.61 Å². The van der Waals surface area contributed by atoms with Crippen LogP contribution >= 0.6 is 0 Å². The zero-order chi connectivity index (χ0) is 10.5. The molecule has 1 aromatic carbocycles. The van der Waals surface area contributed by atoms with Crippen molar-refractivity contribution in [3.05, 3.63) is 30.1 Å². The highest BCUT2D eigenvalue weighted by Crippen LogP contribution is 2.29. The average Bonchev–Trinajstić information content (AvgIpc) is 2.58. The number of aromatic nitrogens is 2. The van der Waals surface area contributed by atoms with E-state index in [2.05, 4.69) is 4.98 Å². The third-order valence-electron chi connectivity index (χ3n) is 2.77. The van der Waals surface area contributed by atoms with Crippen molar-refractivity contribution < 1.29 is 9.84 Å². The third-order valence-corrected chi connectivity index (χ3v) is 2.77. The lowest BCUT2D eigenvalue weighted by atomic mass is 10.2. The number of ether oxygens (including phenoxy) is 1. The van der Waals surface area contributed by atoms with Gasteiger partial charge in [0.15, 0.2) is 5.82 Å². The summed E-state index contributed by atoms with van der Waals surface area (Å²) in [5.74, 6) is -0.674. The highest BCUT2D eigenvalue weighted by Gasteiger charge is 2.34. The molecule has 0 saturated heterocycles. The minimum Gasteiger partial charge on any atom is -0.360 e. The minimum atomic E-state index is -1.27. The van der Waals surface area contributed by atoms with Crippen LogP contribution in [0.4, 0.5) is 0 Å².